The number of aromatic nitrogens is 2. The Bertz CT molecular complexity index is 947. The van der Waals surface area contributed by atoms with Gasteiger partial charge in [-0.25, -0.2) is 9.97 Å². The van der Waals surface area contributed by atoms with Gasteiger partial charge < -0.3 is 11.1 Å². The minimum absolute atomic E-state index is 0.226. The topological polar surface area (TPSA) is 105 Å². The number of rotatable bonds is 4. The molecule has 0 aliphatic carbocycles. The minimum Gasteiger partial charge on any atom is -0.383 e. The number of thiophene rings is 1. The highest BCUT2D eigenvalue weighted by molar-refractivity contribution is 8.00. The van der Waals surface area contributed by atoms with Gasteiger partial charge in [0.2, 0.25) is 5.91 Å². The molecule has 3 N–H and O–H groups in total. The van der Waals surface area contributed by atoms with Crippen LogP contribution in [0.3, 0.4) is 0 Å². The zero-order chi connectivity index (χ0) is 17.1. The summed E-state index contributed by atoms with van der Waals surface area (Å²) in [6.07, 6.45) is 0. The molecular weight excluding hydrogens is 342 g/mol. The molecule has 1 aromatic carbocycles. The van der Waals surface area contributed by atoms with Gasteiger partial charge in [-0.1, -0.05) is 23.9 Å². The molecule has 6 nitrogen and oxygen atoms in total. The van der Waals surface area contributed by atoms with Crippen molar-refractivity contribution in [3.8, 4) is 6.07 Å². The number of thioether (sulfide) groups is 1. The SMILES string of the molecule is C[C@H](Sc1nc(N)c2ccsc2n1)C(=O)Nc1ccccc1C#N. The Morgan fingerprint density at radius 2 is 2.17 bits per heavy atom. The van der Waals surface area contributed by atoms with E-state index in [0.717, 1.165) is 10.2 Å². The lowest BCUT2D eigenvalue weighted by atomic mass is 10.2. The van der Waals surface area contributed by atoms with E-state index in [9.17, 15) is 4.79 Å². The predicted octanol–water partition coefficient (Wildman–Crippen LogP) is 3.26. The van der Waals surface area contributed by atoms with Crippen LogP contribution >= 0.6 is 23.1 Å². The second-order valence-corrected chi connectivity index (χ2v) is 7.14. The molecule has 2 aromatic heterocycles. The Morgan fingerprint density at radius 1 is 1.38 bits per heavy atom. The number of carbonyl (C=O) groups is 1. The number of para-hydroxylation sites is 1. The normalized spacial score (nSPS) is 11.8. The number of hydrogen-bond donors (Lipinski definition) is 2. The summed E-state index contributed by atoms with van der Waals surface area (Å²) in [4.78, 5) is 21.8. The van der Waals surface area contributed by atoms with Gasteiger partial charge in [-0.05, 0) is 30.5 Å². The lowest BCUT2D eigenvalue weighted by Crippen LogP contribution is -2.23. The molecule has 0 fully saturated rings. The summed E-state index contributed by atoms with van der Waals surface area (Å²) in [7, 11) is 0. The summed E-state index contributed by atoms with van der Waals surface area (Å²) >= 11 is 2.70. The molecule has 0 radical (unpaired) electrons. The monoisotopic (exact) mass is 355 g/mol. The van der Waals surface area contributed by atoms with E-state index in [4.69, 9.17) is 11.0 Å². The van der Waals surface area contributed by atoms with Crippen LogP contribution in [0.1, 0.15) is 12.5 Å². The van der Waals surface area contributed by atoms with E-state index in [1.807, 2.05) is 11.4 Å². The molecular formula is C16H13N5OS2. The minimum atomic E-state index is -0.437. The predicted molar refractivity (Wildman–Crippen MR) is 96.9 cm³/mol. The average Bonchev–Trinajstić information content (AvgIpc) is 3.04. The van der Waals surface area contributed by atoms with Crippen LogP contribution in [0.25, 0.3) is 10.2 Å². The first-order chi connectivity index (χ1) is 11.6. The molecule has 120 valence electrons. The van der Waals surface area contributed by atoms with Crippen molar-refractivity contribution in [2.45, 2.75) is 17.3 Å². The number of nitrogens with zero attached hydrogens (tertiary/aromatic N) is 3. The molecule has 0 bridgehead atoms. The van der Waals surface area contributed by atoms with E-state index in [0.29, 0.717) is 22.2 Å². The number of nitrogen functional groups attached to an aromatic ring is 1. The first-order valence-electron chi connectivity index (χ1n) is 7.06. The third-order valence-electron chi connectivity index (χ3n) is 3.29. The summed E-state index contributed by atoms with van der Waals surface area (Å²) in [5.41, 5.74) is 6.83. The molecule has 2 heterocycles. The summed E-state index contributed by atoms with van der Waals surface area (Å²) < 4.78 is 0. The van der Waals surface area contributed by atoms with Gasteiger partial charge in [-0.3, -0.25) is 4.79 Å². The van der Waals surface area contributed by atoms with E-state index in [2.05, 4.69) is 21.4 Å². The molecule has 24 heavy (non-hydrogen) atoms. The van der Waals surface area contributed by atoms with Crippen LogP contribution < -0.4 is 11.1 Å². The number of nitrogens with two attached hydrogens (primary N) is 1. The molecule has 3 rings (SSSR count). The van der Waals surface area contributed by atoms with E-state index < -0.39 is 5.25 Å². The van der Waals surface area contributed by atoms with Crippen LogP contribution in [0.5, 0.6) is 0 Å². The van der Waals surface area contributed by atoms with Crippen LogP contribution in [-0.4, -0.2) is 21.1 Å². The van der Waals surface area contributed by atoms with Gasteiger partial charge in [-0.2, -0.15) is 5.26 Å². The third-order valence-corrected chi connectivity index (χ3v) is 5.06. The van der Waals surface area contributed by atoms with Gasteiger partial charge in [0.1, 0.15) is 16.7 Å². The third kappa shape index (κ3) is 3.32. The summed E-state index contributed by atoms with van der Waals surface area (Å²) in [5.74, 6) is 0.183. The van der Waals surface area contributed by atoms with Crippen molar-refractivity contribution in [2.75, 3.05) is 11.1 Å². The Kier molecular flexibility index (Phi) is 4.64. The number of nitriles is 1. The molecule has 8 heteroatoms. The molecule has 0 spiro atoms. The molecule has 0 unspecified atom stereocenters. The van der Waals surface area contributed by atoms with Crippen molar-refractivity contribution in [3.63, 3.8) is 0 Å². The fourth-order valence-corrected chi connectivity index (χ4v) is 3.65. The van der Waals surface area contributed by atoms with Gasteiger partial charge in [0.25, 0.3) is 0 Å². The second-order valence-electron chi connectivity index (χ2n) is 4.94. The lowest BCUT2D eigenvalue weighted by molar-refractivity contribution is -0.115. The molecule has 3 aromatic rings. The Hall–Kier alpha value is -2.63. The molecule has 0 saturated heterocycles. The van der Waals surface area contributed by atoms with Crippen molar-refractivity contribution in [1.82, 2.24) is 9.97 Å². The molecule has 0 saturated carbocycles. The van der Waals surface area contributed by atoms with Crippen molar-refractivity contribution in [3.05, 3.63) is 41.3 Å². The maximum absolute atomic E-state index is 12.4. The number of benzene rings is 1. The highest BCUT2D eigenvalue weighted by Crippen LogP contribution is 2.28. The highest BCUT2D eigenvalue weighted by Gasteiger charge is 2.18. The number of fused-ring (bicyclic) bond motifs is 1. The van der Waals surface area contributed by atoms with Crippen molar-refractivity contribution in [2.24, 2.45) is 0 Å². The Balaban J connectivity index is 1.75. The largest absolute Gasteiger partial charge is 0.383 e. The van der Waals surface area contributed by atoms with Crippen LogP contribution in [-0.2, 0) is 4.79 Å². The first kappa shape index (κ1) is 16.2. The smallest absolute Gasteiger partial charge is 0.237 e. The number of anilines is 2. The van der Waals surface area contributed by atoms with Gasteiger partial charge in [-0.15, -0.1) is 11.3 Å². The van der Waals surface area contributed by atoms with Crippen molar-refractivity contribution in [1.29, 1.82) is 5.26 Å². The van der Waals surface area contributed by atoms with Crippen LogP contribution in [0, 0.1) is 11.3 Å². The number of carbonyl (C=O) groups excluding carboxylic acids is 1. The number of nitrogens with one attached hydrogen (secondary N) is 1. The van der Waals surface area contributed by atoms with Gasteiger partial charge in [0.15, 0.2) is 5.16 Å². The molecule has 0 aliphatic heterocycles. The highest BCUT2D eigenvalue weighted by atomic mass is 32.2. The lowest BCUT2D eigenvalue weighted by Gasteiger charge is -2.12. The second kappa shape index (κ2) is 6.86. The van der Waals surface area contributed by atoms with Gasteiger partial charge in [0, 0.05) is 0 Å². The van der Waals surface area contributed by atoms with Crippen LogP contribution in [0.4, 0.5) is 11.5 Å². The zero-order valence-electron chi connectivity index (χ0n) is 12.7. The summed E-state index contributed by atoms with van der Waals surface area (Å²) in [5, 5.41) is 14.6. The van der Waals surface area contributed by atoms with Crippen molar-refractivity contribution >= 4 is 50.7 Å². The van der Waals surface area contributed by atoms with Crippen molar-refractivity contribution < 1.29 is 4.79 Å². The van der Waals surface area contributed by atoms with Gasteiger partial charge >= 0.3 is 0 Å². The Morgan fingerprint density at radius 3 is 2.96 bits per heavy atom. The van der Waals surface area contributed by atoms with Gasteiger partial charge in [0.05, 0.1) is 21.9 Å². The van der Waals surface area contributed by atoms with E-state index in [1.165, 1.54) is 23.1 Å². The van der Waals surface area contributed by atoms with E-state index in [-0.39, 0.29) is 5.91 Å². The molecule has 0 aliphatic rings. The molecule has 1 atom stereocenters. The maximum atomic E-state index is 12.4. The first-order valence-corrected chi connectivity index (χ1v) is 8.82. The fourth-order valence-electron chi connectivity index (χ4n) is 2.05. The molecule has 1 amide bonds. The maximum Gasteiger partial charge on any atom is 0.237 e. The zero-order valence-corrected chi connectivity index (χ0v) is 14.3. The van der Waals surface area contributed by atoms with Crippen LogP contribution in [0.2, 0.25) is 0 Å². The van der Waals surface area contributed by atoms with E-state index >= 15 is 0 Å². The quantitative estimate of drug-likeness (QED) is 0.550. The fraction of sp³-hybridized carbons (Fsp3) is 0.125. The number of hydrogen-bond acceptors (Lipinski definition) is 7. The van der Waals surface area contributed by atoms with Crippen LogP contribution in [0.15, 0.2) is 40.9 Å². The standard InChI is InChI=1S/C16H13N5OS2/c1-9(14(22)19-12-5-3-2-4-10(12)8-17)24-16-20-13(18)11-6-7-23-15(11)21-16/h2-7,9H,1H3,(H,19,22)(H2,18,20,21)/t9-/m0/s1. The van der Waals surface area contributed by atoms with E-state index in [1.54, 1.807) is 31.2 Å². The summed E-state index contributed by atoms with van der Waals surface area (Å²) in [6.45, 7) is 1.76. The Labute approximate surface area is 146 Å². The summed E-state index contributed by atoms with van der Waals surface area (Å²) in [6, 6.07) is 10.8. The average molecular weight is 355 g/mol. The number of amides is 1.